The van der Waals surface area contributed by atoms with Gasteiger partial charge in [0.2, 0.25) is 5.91 Å². The summed E-state index contributed by atoms with van der Waals surface area (Å²) in [5.74, 6) is -0.345. The van der Waals surface area contributed by atoms with Gasteiger partial charge in [0.15, 0.2) is 0 Å². The van der Waals surface area contributed by atoms with Gasteiger partial charge in [-0.15, -0.1) is 0 Å². The number of hydrogen-bond donors (Lipinski definition) is 2. The number of amides is 1. The predicted octanol–water partition coefficient (Wildman–Crippen LogP) is 1.38. The molecule has 80 valence electrons. The summed E-state index contributed by atoms with van der Waals surface area (Å²) in [4.78, 5) is 10.5. The molecule has 0 radical (unpaired) electrons. The number of aryl methyl sites for hydroxylation is 1. The van der Waals surface area contributed by atoms with E-state index in [1.54, 1.807) is 6.08 Å². The topological polar surface area (TPSA) is 63.3 Å². The Hall–Kier alpha value is -1.61. The molecule has 1 aromatic carbocycles. The average molecular weight is 205 g/mol. The van der Waals surface area contributed by atoms with E-state index in [-0.39, 0.29) is 18.9 Å². The summed E-state index contributed by atoms with van der Waals surface area (Å²) in [5.41, 5.74) is 7.99. The summed E-state index contributed by atoms with van der Waals surface area (Å²) < 4.78 is 0. The molecule has 0 aliphatic carbocycles. The first-order chi connectivity index (χ1) is 7.13. The molecule has 15 heavy (non-hydrogen) atoms. The maximum absolute atomic E-state index is 10.5. The highest BCUT2D eigenvalue weighted by atomic mass is 16.3. The predicted molar refractivity (Wildman–Crippen MR) is 59.9 cm³/mol. The molecule has 0 spiro atoms. The molecule has 0 aliphatic rings. The second-order valence-corrected chi connectivity index (χ2v) is 3.42. The van der Waals surface area contributed by atoms with Crippen LogP contribution in [0, 0.1) is 6.92 Å². The Bertz CT molecular complexity index is 383. The lowest BCUT2D eigenvalue weighted by Crippen LogP contribution is -2.07. The summed E-state index contributed by atoms with van der Waals surface area (Å²) in [6.45, 7) is 2.00. The van der Waals surface area contributed by atoms with E-state index in [2.05, 4.69) is 0 Å². The van der Waals surface area contributed by atoms with Crippen molar-refractivity contribution in [2.75, 3.05) is 0 Å². The second-order valence-electron chi connectivity index (χ2n) is 3.42. The zero-order valence-electron chi connectivity index (χ0n) is 8.73. The van der Waals surface area contributed by atoms with Crippen molar-refractivity contribution in [3.8, 4) is 0 Å². The van der Waals surface area contributed by atoms with Crippen LogP contribution in [0.25, 0.3) is 6.08 Å². The molecule has 0 bridgehead atoms. The van der Waals surface area contributed by atoms with Gasteiger partial charge in [-0.25, -0.2) is 0 Å². The number of aliphatic hydroxyl groups excluding tert-OH is 1. The van der Waals surface area contributed by atoms with Gasteiger partial charge in [0.1, 0.15) is 0 Å². The smallest absolute Gasteiger partial charge is 0.221 e. The van der Waals surface area contributed by atoms with Crippen molar-refractivity contribution in [1.29, 1.82) is 0 Å². The average Bonchev–Trinajstić information content (AvgIpc) is 2.20. The third-order valence-corrected chi connectivity index (χ3v) is 2.14. The van der Waals surface area contributed by atoms with Crippen LogP contribution in [-0.4, -0.2) is 11.0 Å². The fourth-order valence-electron chi connectivity index (χ4n) is 1.27. The zero-order chi connectivity index (χ0) is 11.3. The van der Waals surface area contributed by atoms with Gasteiger partial charge in [-0.2, -0.15) is 0 Å². The van der Waals surface area contributed by atoms with E-state index in [0.29, 0.717) is 0 Å². The minimum Gasteiger partial charge on any atom is -0.392 e. The quantitative estimate of drug-likeness (QED) is 0.779. The van der Waals surface area contributed by atoms with Gasteiger partial charge in [-0.05, 0) is 29.7 Å². The van der Waals surface area contributed by atoms with E-state index in [4.69, 9.17) is 10.8 Å². The summed E-state index contributed by atoms with van der Waals surface area (Å²) in [6.07, 6.45) is 3.81. The first-order valence-corrected chi connectivity index (χ1v) is 4.78. The molecule has 0 aliphatic heterocycles. The van der Waals surface area contributed by atoms with Crippen LogP contribution >= 0.6 is 0 Å². The minimum absolute atomic E-state index is 0.0247. The molecule has 0 unspecified atom stereocenters. The highest BCUT2D eigenvalue weighted by molar-refractivity contribution is 5.76. The van der Waals surface area contributed by atoms with Crippen molar-refractivity contribution < 1.29 is 9.90 Å². The molecule has 1 rings (SSSR count). The molecule has 0 aromatic heterocycles. The number of rotatable bonds is 4. The minimum atomic E-state index is -0.345. The normalized spacial score (nSPS) is 10.8. The fraction of sp³-hybridized carbons (Fsp3) is 0.250. The van der Waals surface area contributed by atoms with Crippen LogP contribution in [0.5, 0.6) is 0 Å². The molecule has 3 heteroatoms. The fourth-order valence-corrected chi connectivity index (χ4v) is 1.27. The molecule has 3 nitrogen and oxygen atoms in total. The SMILES string of the molecule is Cc1ccc(CO)cc1C=CCC(N)=O. The lowest BCUT2D eigenvalue weighted by molar-refractivity contribution is -0.117. The Morgan fingerprint density at radius 3 is 2.87 bits per heavy atom. The van der Waals surface area contributed by atoms with Gasteiger partial charge in [-0.3, -0.25) is 4.79 Å². The first kappa shape index (κ1) is 11.5. The summed E-state index contributed by atoms with van der Waals surface area (Å²) >= 11 is 0. The largest absolute Gasteiger partial charge is 0.392 e. The van der Waals surface area contributed by atoms with Crippen LogP contribution in [0.2, 0.25) is 0 Å². The number of benzene rings is 1. The van der Waals surface area contributed by atoms with Crippen LogP contribution < -0.4 is 5.73 Å². The Morgan fingerprint density at radius 1 is 1.53 bits per heavy atom. The number of aliphatic hydroxyl groups is 1. The molecule has 0 saturated carbocycles. The van der Waals surface area contributed by atoms with Crippen LogP contribution in [-0.2, 0) is 11.4 Å². The molecular formula is C12H15NO2. The number of hydrogen-bond acceptors (Lipinski definition) is 2. The Balaban J connectivity index is 2.83. The van der Waals surface area contributed by atoms with Gasteiger partial charge < -0.3 is 10.8 Å². The number of nitrogens with two attached hydrogens (primary N) is 1. The van der Waals surface area contributed by atoms with E-state index in [1.165, 1.54) is 0 Å². The monoisotopic (exact) mass is 205 g/mol. The van der Waals surface area contributed by atoms with Crippen molar-refractivity contribution in [1.82, 2.24) is 0 Å². The number of carbonyl (C=O) groups excluding carboxylic acids is 1. The van der Waals surface area contributed by atoms with Crippen LogP contribution in [0.1, 0.15) is 23.1 Å². The third kappa shape index (κ3) is 3.56. The molecule has 1 amide bonds. The third-order valence-electron chi connectivity index (χ3n) is 2.14. The van der Waals surface area contributed by atoms with E-state index in [9.17, 15) is 4.79 Å². The number of primary amides is 1. The van der Waals surface area contributed by atoms with Crippen molar-refractivity contribution in [2.45, 2.75) is 20.0 Å². The Labute approximate surface area is 89.2 Å². The van der Waals surface area contributed by atoms with Crippen LogP contribution in [0.4, 0.5) is 0 Å². The maximum Gasteiger partial charge on any atom is 0.221 e. The van der Waals surface area contributed by atoms with E-state index >= 15 is 0 Å². The molecule has 0 atom stereocenters. The molecule has 1 aromatic rings. The standard InChI is InChI=1S/C12H15NO2/c1-9-5-6-10(8-14)7-11(9)3-2-4-12(13)15/h2-3,5-7,14H,4,8H2,1H3,(H2,13,15). The molecule has 0 fully saturated rings. The van der Waals surface area contributed by atoms with Gasteiger partial charge >= 0.3 is 0 Å². The lowest BCUT2D eigenvalue weighted by Gasteiger charge is -2.02. The Morgan fingerprint density at radius 2 is 2.27 bits per heavy atom. The molecule has 0 saturated heterocycles. The lowest BCUT2D eigenvalue weighted by atomic mass is 10.0. The zero-order valence-corrected chi connectivity index (χ0v) is 8.73. The summed E-state index contributed by atoms with van der Waals surface area (Å²) in [6, 6.07) is 5.71. The van der Waals surface area contributed by atoms with Crippen molar-refractivity contribution in [2.24, 2.45) is 5.73 Å². The van der Waals surface area contributed by atoms with Crippen molar-refractivity contribution in [3.05, 3.63) is 41.0 Å². The van der Waals surface area contributed by atoms with Gasteiger partial charge in [-0.1, -0.05) is 24.3 Å². The maximum atomic E-state index is 10.5. The highest BCUT2D eigenvalue weighted by Crippen LogP contribution is 2.13. The molecule has 3 N–H and O–H groups in total. The van der Waals surface area contributed by atoms with Crippen LogP contribution in [0.3, 0.4) is 0 Å². The van der Waals surface area contributed by atoms with Gasteiger partial charge in [0, 0.05) is 6.42 Å². The second kappa shape index (κ2) is 5.32. The molecular weight excluding hydrogens is 190 g/mol. The van der Waals surface area contributed by atoms with Gasteiger partial charge in [0.05, 0.1) is 6.61 Å². The Kier molecular flexibility index (Phi) is 4.06. The summed E-state index contributed by atoms with van der Waals surface area (Å²) in [7, 11) is 0. The van der Waals surface area contributed by atoms with Gasteiger partial charge in [0.25, 0.3) is 0 Å². The van der Waals surface area contributed by atoms with Crippen molar-refractivity contribution >= 4 is 12.0 Å². The molecule has 0 heterocycles. The van der Waals surface area contributed by atoms with E-state index < -0.39 is 0 Å². The van der Waals surface area contributed by atoms with E-state index in [0.717, 1.165) is 16.7 Å². The van der Waals surface area contributed by atoms with Crippen LogP contribution in [0.15, 0.2) is 24.3 Å². The first-order valence-electron chi connectivity index (χ1n) is 4.78. The highest BCUT2D eigenvalue weighted by Gasteiger charge is 1.96. The number of carbonyl (C=O) groups is 1. The van der Waals surface area contributed by atoms with Crippen molar-refractivity contribution in [3.63, 3.8) is 0 Å². The summed E-state index contributed by atoms with van der Waals surface area (Å²) in [5, 5.41) is 8.97. The van der Waals surface area contributed by atoms with E-state index in [1.807, 2.05) is 31.2 Å².